The van der Waals surface area contributed by atoms with E-state index in [1.165, 1.54) is 96.3 Å². The zero-order valence-corrected chi connectivity index (χ0v) is 15.9. The zero-order valence-electron chi connectivity index (χ0n) is 13.2. The maximum absolute atomic E-state index is 6.73. The molecule has 0 radical (unpaired) electrons. The summed E-state index contributed by atoms with van der Waals surface area (Å²) in [4.78, 5) is 0. The van der Waals surface area contributed by atoms with Crippen LogP contribution in [0.5, 0.6) is 0 Å². The van der Waals surface area contributed by atoms with Crippen LogP contribution in [-0.2, 0) is 0 Å². The van der Waals surface area contributed by atoms with E-state index in [9.17, 15) is 0 Å². The summed E-state index contributed by atoms with van der Waals surface area (Å²) in [5.41, 5.74) is 0. The fraction of sp³-hybridized carbons (Fsp3) is 1.00. The molecular formula is C18H33AsS. The molecule has 0 unspecified atom stereocenters. The van der Waals surface area contributed by atoms with Gasteiger partial charge in [-0.1, -0.05) is 0 Å². The molecule has 0 atom stereocenters. The van der Waals surface area contributed by atoms with Crippen LogP contribution in [0.15, 0.2) is 0 Å². The Balaban J connectivity index is 1.81. The van der Waals surface area contributed by atoms with Crippen LogP contribution < -0.4 is 0 Å². The first-order chi connectivity index (χ1) is 9.82. The molecule has 0 aliphatic heterocycles. The summed E-state index contributed by atoms with van der Waals surface area (Å²) in [6.07, 6.45) is 22.7. The molecule has 0 N–H and O–H groups in total. The van der Waals surface area contributed by atoms with E-state index in [1.54, 1.807) is 0 Å². The van der Waals surface area contributed by atoms with Gasteiger partial charge in [-0.2, -0.15) is 0 Å². The molecule has 0 aromatic rings. The minimum absolute atomic E-state index is 1.06. The van der Waals surface area contributed by atoms with Crippen LogP contribution >= 0.6 is 10.4 Å². The van der Waals surface area contributed by atoms with Gasteiger partial charge in [0.1, 0.15) is 0 Å². The molecule has 0 aromatic carbocycles. The van der Waals surface area contributed by atoms with Crippen LogP contribution in [-0.4, -0.2) is 11.9 Å². The molecular weight excluding hydrogens is 323 g/mol. The van der Waals surface area contributed by atoms with Gasteiger partial charge in [-0.3, -0.25) is 0 Å². The van der Waals surface area contributed by atoms with E-state index in [2.05, 4.69) is 0 Å². The number of hydrogen-bond donors (Lipinski definition) is 0. The second-order valence-electron chi connectivity index (χ2n) is 7.64. The van der Waals surface area contributed by atoms with Gasteiger partial charge in [-0.15, -0.1) is 0 Å². The molecule has 3 aliphatic rings. The third-order valence-electron chi connectivity index (χ3n) is 6.44. The van der Waals surface area contributed by atoms with Crippen LogP contribution in [0.25, 0.3) is 0 Å². The minimum atomic E-state index is -1.88. The second kappa shape index (κ2) is 7.36. The van der Waals surface area contributed by atoms with Crippen LogP contribution in [0, 0.1) is 0 Å². The molecule has 0 heterocycles. The molecule has 0 amide bonds. The van der Waals surface area contributed by atoms with E-state index in [-0.39, 0.29) is 0 Å². The standard InChI is InChI=1S/C18H33AsS/c20-19(16-10-4-1-5-11-16,17-12-6-2-7-13-17)18-14-8-3-9-15-18/h16-18H,1-15H2. The first-order valence-electron chi connectivity index (χ1n) is 9.41. The molecule has 0 saturated heterocycles. The van der Waals surface area contributed by atoms with Crippen LogP contribution in [0.3, 0.4) is 0 Å². The second-order valence-corrected chi connectivity index (χ2v) is 18.7. The van der Waals surface area contributed by atoms with Crippen molar-refractivity contribution < 1.29 is 0 Å². The van der Waals surface area contributed by atoms with Gasteiger partial charge >= 0.3 is 133 Å². The van der Waals surface area contributed by atoms with Gasteiger partial charge in [-0.05, 0) is 0 Å². The van der Waals surface area contributed by atoms with E-state index >= 15 is 0 Å². The maximum atomic E-state index is 6.73. The van der Waals surface area contributed by atoms with Gasteiger partial charge in [0, 0.05) is 0 Å². The van der Waals surface area contributed by atoms with Crippen molar-refractivity contribution in [3.05, 3.63) is 0 Å². The summed E-state index contributed by atoms with van der Waals surface area (Å²) < 4.78 is 3.18. The van der Waals surface area contributed by atoms with E-state index in [4.69, 9.17) is 10.4 Å². The van der Waals surface area contributed by atoms with Crippen molar-refractivity contribution in [2.24, 2.45) is 0 Å². The van der Waals surface area contributed by atoms with Gasteiger partial charge in [-0.25, -0.2) is 0 Å². The topological polar surface area (TPSA) is 0 Å². The molecule has 3 saturated carbocycles. The van der Waals surface area contributed by atoms with Crippen molar-refractivity contribution in [2.75, 3.05) is 0 Å². The Labute approximate surface area is 132 Å². The Morgan fingerprint density at radius 3 is 0.950 bits per heavy atom. The van der Waals surface area contributed by atoms with E-state index < -0.39 is 11.9 Å². The van der Waals surface area contributed by atoms with Crippen LogP contribution in [0.2, 0.25) is 14.1 Å². The summed E-state index contributed by atoms with van der Waals surface area (Å²) in [5.74, 6) is 0. The summed E-state index contributed by atoms with van der Waals surface area (Å²) in [7, 11) is 6.73. The Hall–Kier alpha value is 0.778. The normalized spacial score (nSPS) is 28.6. The predicted molar refractivity (Wildman–Crippen MR) is 93.9 cm³/mol. The molecule has 3 rings (SSSR count). The molecule has 0 aromatic heterocycles. The third-order valence-corrected chi connectivity index (χ3v) is 21.5. The van der Waals surface area contributed by atoms with E-state index in [0.29, 0.717) is 0 Å². The van der Waals surface area contributed by atoms with Gasteiger partial charge in [0.2, 0.25) is 0 Å². The van der Waals surface area contributed by atoms with E-state index in [1.807, 2.05) is 0 Å². The van der Waals surface area contributed by atoms with E-state index in [0.717, 1.165) is 14.1 Å². The van der Waals surface area contributed by atoms with Crippen molar-refractivity contribution in [1.82, 2.24) is 0 Å². The molecule has 0 bridgehead atoms. The number of hydrogen-bond acceptors (Lipinski definition) is 1. The molecule has 3 aliphatic carbocycles. The Kier molecular flexibility index (Phi) is 5.77. The summed E-state index contributed by atoms with van der Waals surface area (Å²) in [6.45, 7) is 0. The summed E-state index contributed by atoms with van der Waals surface area (Å²) in [6, 6.07) is 0. The molecule has 116 valence electrons. The van der Waals surface area contributed by atoms with Gasteiger partial charge < -0.3 is 0 Å². The quantitative estimate of drug-likeness (QED) is 0.485. The molecule has 0 nitrogen and oxygen atoms in total. The predicted octanol–water partition coefficient (Wildman–Crippen LogP) is 7.13. The zero-order chi connectivity index (χ0) is 13.8. The average molecular weight is 356 g/mol. The molecule has 0 spiro atoms. The monoisotopic (exact) mass is 356 g/mol. The number of rotatable bonds is 3. The van der Waals surface area contributed by atoms with Crippen molar-refractivity contribution in [3.63, 3.8) is 0 Å². The molecule has 20 heavy (non-hydrogen) atoms. The Morgan fingerprint density at radius 1 is 0.450 bits per heavy atom. The first-order valence-corrected chi connectivity index (χ1v) is 15.3. The van der Waals surface area contributed by atoms with Gasteiger partial charge in [0.05, 0.1) is 0 Å². The Bertz CT molecular complexity index is 281. The fourth-order valence-corrected chi connectivity index (χ4v) is 19.8. The van der Waals surface area contributed by atoms with Crippen LogP contribution in [0.4, 0.5) is 0 Å². The van der Waals surface area contributed by atoms with Crippen molar-refractivity contribution in [1.29, 1.82) is 0 Å². The Morgan fingerprint density at radius 2 is 0.700 bits per heavy atom. The van der Waals surface area contributed by atoms with Crippen molar-refractivity contribution in [2.45, 2.75) is 110 Å². The van der Waals surface area contributed by atoms with Crippen LogP contribution in [0.1, 0.15) is 96.3 Å². The SMILES string of the molecule is S=[As](C1CCCCC1)(C1CCCCC1)C1CCCCC1. The van der Waals surface area contributed by atoms with Crippen molar-refractivity contribution in [3.8, 4) is 0 Å². The van der Waals surface area contributed by atoms with Gasteiger partial charge in [0.25, 0.3) is 0 Å². The molecule has 2 heteroatoms. The molecule has 3 fully saturated rings. The van der Waals surface area contributed by atoms with Gasteiger partial charge in [0.15, 0.2) is 0 Å². The third kappa shape index (κ3) is 3.24. The summed E-state index contributed by atoms with van der Waals surface area (Å²) >= 11 is -1.88. The first kappa shape index (κ1) is 15.7. The van der Waals surface area contributed by atoms with Crippen molar-refractivity contribution >= 4 is 22.3 Å². The fourth-order valence-electron chi connectivity index (χ4n) is 5.35. The average Bonchev–Trinajstić information content (AvgIpc) is 2.56. The summed E-state index contributed by atoms with van der Waals surface area (Å²) in [5, 5.41) is 0.